The van der Waals surface area contributed by atoms with Crippen molar-refractivity contribution in [3.63, 3.8) is 0 Å². The van der Waals surface area contributed by atoms with Gasteiger partial charge in [0, 0.05) is 29.6 Å². The molecular formula is C20H29N3OS. The van der Waals surface area contributed by atoms with E-state index in [-0.39, 0.29) is 11.3 Å². The zero-order valence-corrected chi connectivity index (χ0v) is 16.7. The molecule has 0 bridgehead atoms. The van der Waals surface area contributed by atoms with E-state index in [2.05, 4.69) is 50.2 Å². The molecule has 0 spiro atoms. The maximum atomic E-state index is 12.3. The standard InChI is InChI=1S/C20H29N3OS/c1-6-21-19-23-17(13-25-19)15-8-7-9-16(11-15)22-18(24)10-14(2)12-20(3,4)5/h7-9,11,13-14H,6,10,12H2,1-5H3,(H,21,23)(H,22,24). The summed E-state index contributed by atoms with van der Waals surface area (Å²) in [6.07, 6.45) is 1.58. The molecule has 0 saturated heterocycles. The van der Waals surface area contributed by atoms with E-state index in [9.17, 15) is 4.79 Å². The van der Waals surface area contributed by atoms with Gasteiger partial charge < -0.3 is 10.6 Å². The monoisotopic (exact) mass is 359 g/mol. The fourth-order valence-corrected chi connectivity index (χ4v) is 3.83. The second-order valence-corrected chi connectivity index (χ2v) is 8.63. The minimum atomic E-state index is 0.0699. The highest BCUT2D eigenvalue weighted by molar-refractivity contribution is 7.14. The van der Waals surface area contributed by atoms with Crippen LogP contribution in [0.2, 0.25) is 0 Å². The molecule has 0 aliphatic rings. The molecule has 1 atom stereocenters. The van der Waals surface area contributed by atoms with Crippen LogP contribution >= 0.6 is 11.3 Å². The second kappa shape index (κ2) is 8.48. The van der Waals surface area contributed by atoms with Gasteiger partial charge in [0.05, 0.1) is 5.69 Å². The number of carbonyl (C=O) groups is 1. The Morgan fingerprint density at radius 1 is 1.32 bits per heavy atom. The molecule has 136 valence electrons. The lowest BCUT2D eigenvalue weighted by molar-refractivity contribution is -0.117. The van der Waals surface area contributed by atoms with Crippen molar-refractivity contribution in [1.29, 1.82) is 0 Å². The summed E-state index contributed by atoms with van der Waals surface area (Å²) in [5.74, 6) is 0.435. The molecule has 1 heterocycles. The number of rotatable bonds is 7. The Morgan fingerprint density at radius 2 is 2.08 bits per heavy atom. The summed E-state index contributed by atoms with van der Waals surface area (Å²) >= 11 is 1.59. The summed E-state index contributed by atoms with van der Waals surface area (Å²) < 4.78 is 0. The molecule has 5 heteroatoms. The van der Waals surface area contributed by atoms with Crippen molar-refractivity contribution < 1.29 is 4.79 Å². The lowest BCUT2D eigenvalue weighted by atomic mass is 9.84. The van der Waals surface area contributed by atoms with Gasteiger partial charge in [-0.15, -0.1) is 11.3 Å². The van der Waals surface area contributed by atoms with Crippen LogP contribution < -0.4 is 10.6 Å². The molecule has 25 heavy (non-hydrogen) atoms. The van der Waals surface area contributed by atoms with E-state index in [1.807, 2.05) is 29.6 Å². The molecule has 1 aromatic carbocycles. The third-order valence-corrected chi connectivity index (χ3v) is 4.57. The minimum absolute atomic E-state index is 0.0699. The molecule has 2 rings (SSSR count). The molecule has 2 aromatic rings. The predicted molar refractivity (Wildman–Crippen MR) is 108 cm³/mol. The summed E-state index contributed by atoms with van der Waals surface area (Å²) in [6, 6.07) is 7.88. The van der Waals surface area contributed by atoms with Crippen LogP contribution in [0.1, 0.15) is 47.5 Å². The average molecular weight is 360 g/mol. The third kappa shape index (κ3) is 6.50. The van der Waals surface area contributed by atoms with Gasteiger partial charge in [-0.3, -0.25) is 4.79 Å². The van der Waals surface area contributed by atoms with Gasteiger partial charge in [-0.25, -0.2) is 4.98 Å². The van der Waals surface area contributed by atoms with E-state index in [0.29, 0.717) is 12.3 Å². The van der Waals surface area contributed by atoms with E-state index in [4.69, 9.17) is 0 Å². The zero-order chi connectivity index (χ0) is 18.4. The Morgan fingerprint density at radius 3 is 2.76 bits per heavy atom. The second-order valence-electron chi connectivity index (χ2n) is 7.77. The minimum Gasteiger partial charge on any atom is -0.362 e. The molecule has 0 aliphatic carbocycles. The van der Waals surface area contributed by atoms with Crippen LogP contribution in [0.3, 0.4) is 0 Å². The molecule has 1 unspecified atom stereocenters. The molecule has 0 radical (unpaired) electrons. The molecular weight excluding hydrogens is 330 g/mol. The maximum absolute atomic E-state index is 12.3. The van der Waals surface area contributed by atoms with Gasteiger partial charge in [0.25, 0.3) is 0 Å². The van der Waals surface area contributed by atoms with Crippen LogP contribution in [0, 0.1) is 11.3 Å². The number of nitrogens with zero attached hydrogens (tertiary/aromatic N) is 1. The van der Waals surface area contributed by atoms with Crippen LogP contribution in [0.4, 0.5) is 10.8 Å². The molecule has 0 saturated carbocycles. The first-order chi connectivity index (χ1) is 11.8. The van der Waals surface area contributed by atoms with E-state index in [0.717, 1.165) is 35.0 Å². The topological polar surface area (TPSA) is 54.0 Å². The Hall–Kier alpha value is -1.88. The van der Waals surface area contributed by atoms with Crippen molar-refractivity contribution in [2.45, 2.75) is 47.5 Å². The van der Waals surface area contributed by atoms with Gasteiger partial charge in [-0.2, -0.15) is 0 Å². The van der Waals surface area contributed by atoms with Crippen molar-refractivity contribution in [2.75, 3.05) is 17.2 Å². The number of carbonyl (C=O) groups excluding carboxylic acids is 1. The van der Waals surface area contributed by atoms with Gasteiger partial charge >= 0.3 is 0 Å². The molecule has 1 amide bonds. The number of amides is 1. The molecule has 4 nitrogen and oxygen atoms in total. The van der Waals surface area contributed by atoms with Gasteiger partial charge in [-0.1, -0.05) is 39.8 Å². The molecule has 0 fully saturated rings. The van der Waals surface area contributed by atoms with Gasteiger partial charge in [0.15, 0.2) is 5.13 Å². The summed E-state index contributed by atoms with van der Waals surface area (Å²) in [5.41, 5.74) is 3.01. The Kier molecular flexibility index (Phi) is 6.59. The van der Waals surface area contributed by atoms with Crippen molar-refractivity contribution in [2.24, 2.45) is 11.3 Å². The number of aromatic nitrogens is 1. The molecule has 0 aliphatic heterocycles. The first-order valence-corrected chi connectivity index (χ1v) is 9.74. The first-order valence-electron chi connectivity index (χ1n) is 8.86. The van der Waals surface area contributed by atoms with Gasteiger partial charge in [0.2, 0.25) is 5.91 Å². The lowest BCUT2D eigenvalue weighted by Crippen LogP contribution is -2.18. The van der Waals surface area contributed by atoms with Crippen molar-refractivity contribution >= 4 is 28.1 Å². The third-order valence-electron chi connectivity index (χ3n) is 3.77. The number of thiazole rings is 1. The quantitative estimate of drug-likeness (QED) is 0.672. The average Bonchev–Trinajstić information content (AvgIpc) is 2.94. The van der Waals surface area contributed by atoms with Crippen molar-refractivity contribution in [3.05, 3.63) is 29.6 Å². The van der Waals surface area contributed by atoms with Crippen LogP contribution in [0.25, 0.3) is 11.3 Å². The summed E-state index contributed by atoms with van der Waals surface area (Å²) in [7, 11) is 0. The van der Waals surface area contributed by atoms with Crippen molar-refractivity contribution in [3.8, 4) is 11.3 Å². The Bertz CT molecular complexity index is 703. The van der Waals surface area contributed by atoms with E-state index >= 15 is 0 Å². The van der Waals surface area contributed by atoms with Gasteiger partial charge in [-0.05, 0) is 36.8 Å². The van der Waals surface area contributed by atoms with Crippen LogP contribution in [0.5, 0.6) is 0 Å². The summed E-state index contributed by atoms with van der Waals surface area (Å²) in [5, 5.41) is 9.20. The van der Waals surface area contributed by atoms with Gasteiger partial charge in [0.1, 0.15) is 0 Å². The molecule has 1 aromatic heterocycles. The number of hydrogen-bond acceptors (Lipinski definition) is 4. The highest BCUT2D eigenvalue weighted by atomic mass is 32.1. The Labute approximate surface area is 155 Å². The summed E-state index contributed by atoms with van der Waals surface area (Å²) in [6.45, 7) is 11.7. The Balaban J connectivity index is 1.99. The van der Waals surface area contributed by atoms with E-state index in [1.54, 1.807) is 11.3 Å². The van der Waals surface area contributed by atoms with E-state index < -0.39 is 0 Å². The fourth-order valence-electron chi connectivity index (χ4n) is 3.04. The largest absolute Gasteiger partial charge is 0.362 e. The normalized spacial score (nSPS) is 12.7. The number of benzene rings is 1. The van der Waals surface area contributed by atoms with Crippen LogP contribution in [-0.2, 0) is 4.79 Å². The lowest BCUT2D eigenvalue weighted by Gasteiger charge is -2.22. The maximum Gasteiger partial charge on any atom is 0.224 e. The number of nitrogens with one attached hydrogen (secondary N) is 2. The van der Waals surface area contributed by atoms with Crippen molar-refractivity contribution in [1.82, 2.24) is 4.98 Å². The molecule has 2 N–H and O–H groups in total. The summed E-state index contributed by atoms with van der Waals surface area (Å²) in [4.78, 5) is 16.9. The fraction of sp³-hybridized carbons (Fsp3) is 0.500. The van der Waals surface area contributed by atoms with Crippen LogP contribution in [-0.4, -0.2) is 17.4 Å². The smallest absolute Gasteiger partial charge is 0.224 e. The predicted octanol–water partition coefficient (Wildman–Crippen LogP) is 5.64. The van der Waals surface area contributed by atoms with Crippen LogP contribution in [0.15, 0.2) is 29.6 Å². The first kappa shape index (κ1) is 19.4. The van der Waals surface area contributed by atoms with E-state index in [1.165, 1.54) is 0 Å². The highest BCUT2D eigenvalue weighted by Gasteiger charge is 2.18. The SMILES string of the molecule is CCNc1nc(-c2cccc(NC(=O)CC(C)CC(C)(C)C)c2)cs1. The number of anilines is 2. The zero-order valence-electron chi connectivity index (χ0n) is 15.8. The number of hydrogen-bond donors (Lipinski definition) is 2. The highest BCUT2D eigenvalue weighted by Crippen LogP contribution is 2.28.